The molecule has 0 spiro atoms. The zero-order chi connectivity index (χ0) is 24.0. The van der Waals surface area contributed by atoms with Gasteiger partial charge in [-0.05, 0) is 55.3 Å². The minimum Gasteiger partial charge on any atom is -0.426 e. The van der Waals surface area contributed by atoms with Crippen LogP contribution in [0.5, 0.6) is 5.75 Å². The molecule has 3 aliphatic rings. The second kappa shape index (κ2) is 9.04. The van der Waals surface area contributed by atoms with E-state index in [2.05, 4.69) is 0 Å². The van der Waals surface area contributed by atoms with Gasteiger partial charge in [0, 0.05) is 18.0 Å². The van der Waals surface area contributed by atoms with Crippen LogP contribution in [-0.2, 0) is 19.2 Å². The lowest BCUT2D eigenvalue weighted by Crippen LogP contribution is -2.30. The van der Waals surface area contributed by atoms with Gasteiger partial charge < -0.3 is 9.64 Å². The van der Waals surface area contributed by atoms with Crippen LogP contribution in [0.3, 0.4) is 0 Å². The lowest BCUT2D eigenvalue weighted by molar-refractivity contribution is -0.139. The number of benzene rings is 2. The zero-order valence-corrected chi connectivity index (χ0v) is 19.7. The van der Waals surface area contributed by atoms with Crippen LogP contribution in [0.4, 0.5) is 11.4 Å². The summed E-state index contributed by atoms with van der Waals surface area (Å²) in [4.78, 5) is 53.5. The highest BCUT2D eigenvalue weighted by atomic mass is 35.5. The third-order valence-corrected chi connectivity index (χ3v) is 7.37. The van der Waals surface area contributed by atoms with Crippen LogP contribution in [0.2, 0.25) is 10.0 Å². The molecule has 0 N–H and O–H groups in total. The Hall–Kier alpha value is -2.90. The summed E-state index contributed by atoms with van der Waals surface area (Å²) in [6, 6.07) is 11.1. The zero-order valence-electron chi connectivity index (χ0n) is 18.2. The Balaban J connectivity index is 1.25. The molecular formula is C25H22Cl2N2O5. The summed E-state index contributed by atoms with van der Waals surface area (Å²) < 4.78 is 5.49. The maximum Gasteiger partial charge on any atom is 0.316 e. The molecule has 7 nitrogen and oxygen atoms in total. The number of ether oxygens (including phenoxy) is 1. The average molecular weight is 501 g/mol. The average Bonchev–Trinajstić information content (AvgIpc) is 3.34. The maximum atomic E-state index is 12.8. The number of rotatable bonds is 4. The summed E-state index contributed by atoms with van der Waals surface area (Å²) >= 11 is 12.2. The topological polar surface area (TPSA) is 84.0 Å². The minimum absolute atomic E-state index is 0.000677. The molecule has 1 aliphatic carbocycles. The second-order valence-electron chi connectivity index (χ2n) is 8.93. The number of imide groups is 1. The summed E-state index contributed by atoms with van der Waals surface area (Å²) in [5, 5.41) is 0.806. The number of carbonyl (C=O) groups is 4. The Morgan fingerprint density at radius 3 is 2.21 bits per heavy atom. The highest BCUT2D eigenvalue weighted by Gasteiger charge is 2.48. The molecule has 0 unspecified atom stereocenters. The van der Waals surface area contributed by atoms with E-state index < -0.39 is 11.9 Å². The molecule has 1 saturated carbocycles. The molecule has 3 amide bonds. The summed E-state index contributed by atoms with van der Waals surface area (Å²) in [7, 11) is 0. The number of carbonyl (C=O) groups excluding carboxylic acids is 4. The van der Waals surface area contributed by atoms with Crippen LogP contribution in [0.1, 0.15) is 32.1 Å². The van der Waals surface area contributed by atoms with Gasteiger partial charge in [0.2, 0.25) is 17.7 Å². The molecule has 2 aromatic rings. The van der Waals surface area contributed by atoms with Crippen molar-refractivity contribution < 1.29 is 23.9 Å². The molecule has 9 heteroatoms. The fraction of sp³-hybridized carbons (Fsp3) is 0.360. The van der Waals surface area contributed by atoms with Gasteiger partial charge in [0.1, 0.15) is 5.75 Å². The fourth-order valence-corrected chi connectivity index (χ4v) is 5.46. The third kappa shape index (κ3) is 4.07. The van der Waals surface area contributed by atoms with E-state index in [-0.39, 0.29) is 48.3 Å². The largest absolute Gasteiger partial charge is 0.426 e. The Bertz CT molecular complexity index is 1160. The normalized spacial score (nSPS) is 24.5. The van der Waals surface area contributed by atoms with Gasteiger partial charge in [0.05, 0.1) is 34.2 Å². The van der Waals surface area contributed by atoms with Crippen LogP contribution in [0.25, 0.3) is 0 Å². The van der Waals surface area contributed by atoms with Crippen molar-refractivity contribution in [2.45, 2.75) is 32.1 Å². The molecular weight excluding hydrogens is 479 g/mol. The van der Waals surface area contributed by atoms with Crippen LogP contribution >= 0.6 is 23.2 Å². The molecule has 0 aromatic heterocycles. The van der Waals surface area contributed by atoms with Crippen LogP contribution in [0, 0.1) is 17.8 Å². The molecule has 2 saturated heterocycles. The monoisotopic (exact) mass is 500 g/mol. The van der Waals surface area contributed by atoms with Crippen molar-refractivity contribution in [3.8, 4) is 5.75 Å². The molecule has 2 aliphatic heterocycles. The summed E-state index contributed by atoms with van der Waals surface area (Å²) in [6.45, 7) is 0.134. The number of fused-ring (bicyclic) bond motifs is 1. The summed E-state index contributed by atoms with van der Waals surface area (Å²) in [5.74, 6) is -1.92. The number of nitrogens with zero attached hydrogens (tertiary/aromatic N) is 2. The van der Waals surface area contributed by atoms with E-state index in [1.165, 1.54) is 9.80 Å². The second-order valence-corrected chi connectivity index (χ2v) is 9.77. The number of amides is 3. The van der Waals surface area contributed by atoms with E-state index in [4.69, 9.17) is 27.9 Å². The third-order valence-electron chi connectivity index (χ3n) is 6.81. The van der Waals surface area contributed by atoms with Crippen LogP contribution in [-0.4, -0.2) is 30.2 Å². The predicted octanol–water partition coefficient (Wildman–Crippen LogP) is 4.63. The van der Waals surface area contributed by atoms with Crippen molar-refractivity contribution in [1.82, 2.24) is 0 Å². The molecule has 176 valence electrons. The highest BCUT2D eigenvalue weighted by molar-refractivity contribution is 6.36. The van der Waals surface area contributed by atoms with E-state index in [1.54, 1.807) is 42.5 Å². The fourth-order valence-electron chi connectivity index (χ4n) is 5.07. The summed E-state index contributed by atoms with van der Waals surface area (Å²) in [5.41, 5.74) is 0.932. The molecule has 5 rings (SSSR count). The quantitative estimate of drug-likeness (QED) is 0.347. The van der Waals surface area contributed by atoms with Crippen LogP contribution < -0.4 is 14.5 Å². The Kier molecular flexibility index (Phi) is 6.08. The molecule has 34 heavy (non-hydrogen) atoms. The lowest BCUT2D eigenvalue weighted by atomic mass is 9.81. The first kappa shape index (κ1) is 22.9. The predicted molar refractivity (Wildman–Crippen MR) is 127 cm³/mol. The molecule has 3 atom stereocenters. The minimum atomic E-state index is -0.660. The van der Waals surface area contributed by atoms with E-state index in [1.807, 2.05) is 0 Å². The van der Waals surface area contributed by atoms with E-state index >= 15 is 0 Å². The van der Waals surface area contributed by atoms with Crippen molar-refractivity contribution in [3.63, 3.8) is 0 Å². The van der Waals surface area contributed by atoms with Gasteiger partial charge in [0.25, 0.3) is 0 Å². The van der Waals surface area contributed by atoms with Gasteiger partial charge in [-0.25, -0.2) is 0 Å². The maximum absolute atomic E-state index is 12.8. The number of hydrogen-bond acceptors (Lipinski definition) is 5. The van der Waals surface area contributed by atoms with E-state index in [0.717, 1.165) is 25.7 Å². The first-order valence-electron chi connectivity index (χ1n) is 11.3. The van der Waals surface area contributed by atoms with Crippen molar-refractivity contribution >= 4 is 58.3 Å². The Labute approximate surface area is 206 Å². The van der Waals surface area contributed by atoms with Crippen molar-refractivity contribution in [2.24, 2.45) is 17.8 Å². The van der Waals surface area contributed by atoms with Gasteiger partial charge in [-0.2, -0.15) is 0 Å². The van der Waals surface area contributed by atoms with Gasteiger partial charge in [-0.3, -0.25) is 24.1 Å². The van der Waals surface area contributed by atoms with Crippen molar-refractivity contribution in [1.29, 1.82) is 0 Å². The van der Waals surface area contributed by atoms with Crippen LogP contribution in [0.15, 0.2) is 42.5 Å². The molecule has 2 aromatic carbocycles. The Morgan fingerprint density at radius 2 is 1.56 bits per heavy atom. The number of hydrogen-bond donors (Lipinski definition) is 0. The van der Waals surface area contributed by atoms with E-state index in [9.17, 15) is 19.2 Å². The molecule has 0 radical (unpaired) electrons. The Morgan fingerprint density at radius 1 is 0.912 bits per heavy atom. The lowest BCUT2D eigenvalue weighted by Gasteiger charge is -2.19. The van der Waals surface area contributed by atoms with Gasteiger partial charge in [-0.1, -0.05) is 36.0 Å². The molecule has 3 fully saturated rings. The first-order valence-corrected chi connectivity index (χ1v) is 12.0. The van der Waals surface area contributed by atoms with Gasteiger partial charge >= 0.3 is 5.97 Å². The smallest absolute Gasteiger partial charge is 0.316 e. The molecule has 0 bridgehead atoms. The highest BCUT2D eigenvalue weighted by Crippen LogP contribution is 2.40. The first-order chi connectivity index (χ1) is 16.3. The number of halogens is 2. The standard InChI is InChI=1S/C25H22Cl2N2O5/c26-15-5-10-20(27)21(12-15)28-13-14(11-22(28)30)25(33)34-17-8-6-16(7-9-17)29-23(31)18-3-1-2-4-19(18)24(29)32/h5-10,12,14,18-19H,1-4,11,13H2/t14-,18+,19+/m0/s1. The SMILES string of the molecule is O=C(Oc1ccc(N2C(=O)[C@@H]3CCCC[C@H]3C2=O)cc1)[C@H]1CC(=O)N(c2cc(Cl)ccc2Cl)C1. The van der Waals surface area contributed by atoms with Gasteiger partial charge in [-0.15, -0.1) is 0 Å². The molecule has 2 heterocycles. The number of anilines is 2. The number of esters is 1. The van der Waals surface area contributed by atoms with Crippen molar-refractivity contribution in [3.05, 3.63) is 52.5 Å². The van der Waals surface area contributed by atoms with Crippen molar-refractivity contribution in [2.75, 3.05) is 16.3 Å². The van der Waals surface area contributed by atoms with E-state index in [0.29, 0.717) is 21.4 Å². The van der Waals surface area contributed by atoms with Gasteiger partial charge in [0.15, 0.2) is 0 Å². The summed E-state index contributed by atoms with van der Waals surface area (Å²) in [6.07, 6.45) is 3.43.